The van der Waals surface area contributed by atoms with Gasteiger partial charge in [-0.1, -0.05) is 36.4 Å². The zero-order valence-electron chi connectivity index (χ0n) is 14.0. The average molecular weight is 372 g/mol. The van der Waals surface area contributed by atoms with Crippen molar-refractivity contribution >= 4 is 11.6 Å². The van der Waals surface area contributed by atoms with Gasteiger partial charge in [0.25, 0.3) is 5.91 Å². The summed E-state index contributed by atoms with van der Waals surface area (Å²) in [5, 5.41) is 2.66. The van der Waals surface area contributed by atoms with Crippen LogP contribution in [0, 0.1) is 0 Å². The third kappa shape index (κ3) is 4.63. The second-order valence-corrected chi connectivity index (χ2v) is 5.62. The number of ether oxygens (including phenoxy) is 1. The molecule has 0 atom stereocenters. The van der Waals surface area contributed by atoms with Gasteiger partial charge in [0.1, 0.15) is 12.3 Å². The molecule has 3 aromatic rings. The molecule has 0 radical (unpaired) electrons. The second-order valence-electron chi connectivity index (χ2n) is 5.62. The first-order chi connectivity index (χ1) is 12.9. The van der Waals surface area contributed by atoms with Crippen molar-refractivity contribution in [1.29, 1.82) is 0 Å². The zero-order chi connectivity index (χ0) is 19.3. The molecule has 0 spiro atoms. The molecule has 1 aromatic heterocycles. The van der Waals surface area contributed by atoms with Gasteiger partial charge < -0.3 is 10.1 Å². The van der Waals surface area contributed by atoms with Gasteiger partial charge in [-0.25, -0.2) is 4.98 Å². The molecular weight excluding hydrogens is 357 g/mol. The van der Waals surface area contributed by atoms with Crippen molar-refractivity contribution in [2.75, 3.05) is 5.32 Å². The lowest BCUT2D eigenvalue weighted by Crippen LogP contribution is -2.14. The Bertz CT molecular complexity index is 928. The maximum atomic E-state index is 13.1. The summed E-state index contributed by atoms with van der Waals surface area (Å²) in [6.07, 6.45) is -3.04. The average Bonchev–Trinajstić information content (AvgIpc) is 2.67. The Kier molecular flexibility index (Phi) is 5.40. The highest BCUT2D eigenvalue weighted by atomic mass is 19.4. The number of carbonyl (C=O) groups is 1. The molecule has 3 rings (SSSR count). The highest BCUT2D eigenvalue weighted by Gasteiger charge is 2.33. The number of aromatic nitrogens is 1. The molecule has 0 saturated heterocycles. The van der Waals surface area contributed by atoms with Crippen molar-refractivity contribution in [2.45, 2.75) is 12.8 Å². The van der Waals surface area contributed by atoms with E-state index in [1.165, 1.54) is 24.4 Å². The molecule has 0 aliphatic heterocycles. The third-order valence-electron chi connectivity index (χ3n) is 3.74. The lowest BCUT2D eigenvalue weighted by molar-refractivity contribution is -0.138. The van der Waals surface area contributed by atoms with Crippen LogP contribution in [0.2, 0.25) is 0 Å². The molecule has 7 heteroatoms. The van der Waals surface area contributed by atoms with E-state index in [-0.39, 0.29) is 29.6 Å². The van der Waals surface area contributed by atoms with Crippen molar-refractivity contribution in [2.24, 2.45) is 0 Å². The molecule has 1 N–H and O–H groups in total. The van der Waals surface area contributed by atoms with Gasteiger partial charge >= 0.3 is 6.18 Å². The van der Waals surface area contributed by atoms with Gasteiger partial charge in [-0.2, -0.15) is 13.2 Å². The number of rotatable bonds is 5. The molecule has 0 aliphatic rings. The largest absolute Gasteiger partial charge is 0.471 e. The van der Waals surface area contributed by atoms with E-state index in [1.54, 1.807) is 42.5 Å². The van der Waals surface area contributed by atoms with E-state index in [4.69, 9.17) is 4.74 Å². The van der Waals surface area contributed by atoms with E-state index < -0.39 is 11.7 Å². The molecule has 0 unspecified atom stereocenters. The maximum absolute atomic E-state index is 13.1. The number of carbonyl (C=O) groups excluding carboxylic acids is 1. The molecule has 0 saturated carbocycles. The minimum absolute atomic E-state index is 0.0176. The van der Waals surface area contributed by atoms with Crippen LogP contribution >= 0.6 is 0 Å². The van der Waals surface area contributed by atoms with Crippen molar-refractivity contribution < 1.29 is 22.7 Å². The molecule has 4 nitrogen and oxygen atoms in total. The Labute approximate surface area is 153 Å². The van der Waals surface area contributed by atoms with Crippen LogP contribution in [-0.4, -0.2) is 10.9 Å². The van der Waals surface area contributed by atoms with Crippen LogP contribution in [0.1, 0.15) is 21.5 Å². The summed E-state index contributed by atoms with van der Waals surface area (Å²) < 4.78 is 44.7. The summed E-state index contributed by atoms with van der Waals surface area (Å²) in [6.45, 7) is -0.332. The normalized spacial score (nSPS) is 11.1. The van der Waals surface area contributed by atoms with E-state index in [1.807, 2.05) is 0 Å². The van der Waals surface area contributed by atoms with Crippen LogP contribution in [0.25, 0.3) is 0 Å². The maximum Gasteiger partial charge on any atom is 0.416 e. The fourth-order valence-corrected chi connectivity index (χ4v) is 2.45. The number of amides is 1. The number of pyridine rings is 1. The third-order valence-corrected chi connectivity index (χ3v) is 3.74. The Morgan fingerprint density at radius 3 is 2.41 bits per heavy atom. The predicted molar refractivity (Wildman–Crippen MR) is 94.4 cm³/mol. The van der Waals surface area contributed by atoms with Crippen molar-refractivity contribution in [1.82, 2.24) is 4.98 Å². The number of nitrogens with one attached hydrogen (secondary N) is 1. The minimum Gasteiger partial charge on any atom is -0.471 e. The first-order valence-electron chi connectivity index (χ1n) is 8.04. The number of halogens is 3. The lowest BCUT2D eigenvalue weighted by Gasteiger charge is -2.15. The Balaban J connectivity index is 1.77. The van der Waals surface area contributed by atoms with Gasteiger partial charge in [0.15, 0.2) is 0 Å². The lowest BCUT2D eigenvalue weighted by atomic mass is 10.1. The summed E-state index contributed by atoms with van der Waals surface area (Å²) in [5.74, 6) is -0.331. The fourth-order valence-electron chi connectivity index (χ4n) is 2.45. The van der Waals surface area contributed by atoms with E-state index in [9.17, 15) is 18.0 Å². The Morgan fingerprint density at radius 1 is 0.963 bits per heavy atom. The SMILES string of the molecule is O=C(Nc1cccnc1OCc1ccccc1C(F)(F)F)c1ccccc1. The summed E-state index contributed by atoms with van der Waals surface area (Å²) in [6, 6.07) is 16.8. The standard InChI is InChI=1S/C20H15F3N2O2/c21-20(22,23)16-10-5-4-9-15(16)13-27-19-17(11-6-12-24-19)25-18(26)14-7-2-1-3-8-14/h1-12H,13H2,(H,25,26). The molecule has 0 fully saturated rings. The second kappa shape index (κ2) is 7.90. The van der Waals surface area contributed by atoms with Crippen LogP contribution in [0.3, 0.4) is 0 Å². The van der Waals surface area contributed by atoms with Crippen molar-refractivity contribution in [3.8, 4) is 5.88 Å². The molecule has 0 aliphatic carbocycles. The van der Waals surface area contributed by atoms with Crippen LogP contribution < -0.4 is 10.1 Å². The number of benzene rings is 2. The van der Waals surface area contributed by atoms with Gasteiger partial charge in [-0.3, -0.25) is 4.79 Å². The highest BCUT2D eigenvalue weighted by Crippen LogP contribution is 2.32. The first kappa shape index (κ1) is 18.4. The predicted octanol–water partition coefficient (Wildman–Crippen LogP) is 4.93. The minimum atomic E-state index is -4.48. The molecule has 1 amide bonds. The highest BCUT2D eigenvalue weighted by molar-refractivity contribution is 6.04. The number of alkyl halides is 3. The number of hydrogen-bond acceptors (Lipinski definition) is 3. The number of hydrogen-bond donors (Lipinski definition) is 1. The van der Waals surface area contributed by atoms with Gasteiger partial charge in [0.2, 0.25) is 5.88 Å². The van der Waals surface area contributed by atoms with E-state index >= 15 is 0 Å². The van der Waals surface area contributed by atoms with Crippen LogP contribution in [0.5, 0.6) is 5.88 Å². The van der Waals surface area contributed by atoms with Gasteiger partial charge in [-0.05, 0) is 30.3 Å². The van der Waals surface area contributed by atoms with Crippen LogP contribution in [0.15, 0.2) is 72.9 Å². The fraction of sp³-hybridized carbons (Fsp3) is 0.100. The summed E-state index contributed by atoms with van der Waals surface area (Å²) in [5.41, 5.74) is -0.0719. The van der Waals surface area contributed by atoms with Gasteiger partial charge in [-0.15, -0.1) is 0 Å². The topological polar surface area (TPSA) is 51.2 Å². The van der Waals surface area contributed by atoms with E-state index in [0.29, 0.717) is 5.56 Å². The quantitative estimate of drug-likeness (QED) is 0.691. The number of anilines is 1. The monoisotopic (exact) mass is 372 g/mol. The summed E-state index contributed by atoms with van der Waals surface area (Å²) in [4.78, 5) is 16.3. The summed E-state index contributed by atoms with van der Waals surface area (Å²) in [7, 11) is 0. The first-order valence-corrected chi connectivity index (χ1v) is 8.04. The Morgan fingerprint density at radius 2 is 1.67 bits per heavy atom. The van der Waals surface area contributed by atoms with Crippen LogP contribution in [0.4, 0.5) is 18.9 Å². The molecule has 2 aromatic carbocycles. The molecule has 0 bridgehead atoms. The molecule has 27 heavy (non-hydrogen) atoms. The summed E-state index contributed by atoms with van der Waals surface area (Å²) >= 11 is 0. The smallest absolute Gasteiger partial charge is 0.416 e. The van der Waals surface area contributed by atoms with Gasteiger partial charge in [0.05, 0.1) is 5.56 Å². The van der Waals surface area contributed by atoms with Crippen LogP contribution in [-0.2, 0) is 12.8 Å². The molecule has 1 heterocycles. The van der Waals surface area contributed by atoms with Crippen molar-refractivity contribution in [3.63, 3.8) is 0 Å². The van der Waals surface area contributed by atoms with E-state index in [0.717, 1.165) is 6.07 Å². The molecular formula is C20H15F3N2O2. The number of nitrogens with zero attached hydrogens (tertiary/aromatic N) is 1. The zero-order valence-corrected chi connectivity index (χ0v) is 14.0. The van der Waals surface area contributed by atoms with Crippen molar-refractivity contribution in [3.05, 3.63) is 89.6 Å². The van der Waals surface area contributed by atoms with E-state index in [2.05, 4.69) is 10.3 Å². The Hall–Kier alpha value is -3.35. The molecule has 138 valence electrons. The van der Waals surface area contributed by atoms with Gasteiger partial charge in [0, 0.05) is 17.3 Å².